The number of piperidine rings is 1. The lowest BCUT2D eigenvalue weighted by atomic mass is 9.96. The summed E-state index contributed by atoms with van der Waals surface area (Å²) >= 11 is 0. The Balaban J connectivity index is 1.63. The van der Waals surface area contributed by atoms with E-state index in [9.17, 15) is 4.79 Å². The fourth-order valence-corrected chi connectivity index (χ4v) is 2.61. The van der Waals surface area contributed by atoms with Gasteiger partial charge < -0.3 is 14.6 Å². The number of carbonyl (C=O) groups excluding carboxylic acids is 1. The topological polar surface area (TPSA) is 58.4 Å². The molecule has 0 bridgehead atoms. The number of aromatic nitrogens is 1. The van der Waals surface area contributed by atoms with Crippen LogP contribution in [0.25, 0.3) is 11.1 Å². The van der Waals surface area contributed by atoms with Crippen molar-refractivity contribution in [1.29, 1.82) is 0 Å². The second kappa shape index (κ2) is 5.88. The second-order valence-electron chi connectivity index (χ2n) is 5.15. The van der Waals surface area contributed by atoms with Gasteiger partial charge in [0.2, 0.25) is 5.91 Å². The van der Waals surface area contributed by atoms with Crippen molar-refractivity contribution < 1.29 is 9.21 Å². The average molecular weight is 283 g/mol. The summed E-state index contributed by atoms with van der Waals surface area (Å²) in [5.74, 6) is 2.49. The van der Waals surface area contributed by atoms with Gasteiger partial charge in [0.25, 0.3) is 6.01 Å². The van der Waals surface area contributed by atoms with Crippen molar-refractivity contribution in [3.8, 4) is 12.3 Å². The number of carbonyl (C=O) groups is 1. The monoisotopic (exact) mass is 283 g/mol. The number of hydrogen-bond donors (Lipinski definition) is 1. The molecule has 21 heavy (non-hydrogen) atoms. The number of terminal acetylenes is 1. The molecule has 108 valence electrons. The van der Waals surface area contributed by atoms with Crippen LogP contribution in [0.2, 0.25) is 0 Å². The largest absolute Gasteiger partial charge is 0.423 e. The third kappa shape index (κ3) is 2.84. The van der Waals surface area contributed by atoms with Crippen LogP contribution in [0.15, 0.2) is 28.7 Å². The number of benzene rings is 1. The van der Waals surface area contributed by atoms with E-state index in [1.165, 1.54) is 0 Å². The molecule has 0 atom stereocenters. The van der Waals surface area contributed by atoms with E-state index in [-0.39, 0.29) is 11.8 Å². The molecule has 1 saturated heterocycles. The van der Waals surface area contributed by atoms with E-state index < -0.39 is 0 Å². The number of rotatable bonds is 3. The first-order valence-corrected chi connectivity index (χ1v) is 7.09. The Hall–Kier alpha value is -2.48. The average Bonchev–Trinajstić information content (AvgIpc) is 2.96. The maximum Gasteiger partial charge on any atom is 0.298 e. The van der Waals surface area contributed by atoms with Crippen LogP contribution in [0, 0.1) is 18.3 Å². The van der Waals surface area contributed by atoms with Crippen LogP contribution in [-0.4, -0.2) is 30.5 Å². The van der Waals surface area contributed by atoms with E-state index in [2.05, 4.69) is 21.1 Å². The van der Waals surface area contributed by atoms with Gasteiger partial charge in [-0.1, -0.05) is 18.1 Å². The van der Waals surface area contributed by atoms with Gasteiger partial charge in [-0.15, -0.1) is 6.42 Å². The van der Waals surface area contributed by atoms with Gasteiger partial charge in [0.15, 0.2) is 5.58 Å². The molecule has 0 aliphatic carbocycles. The number of nitrogens with one attached hydrogen (secondary N) is 1. The minimum atomic E-state index is 0.0268. The first-order valence-electron chi connectivity index (χ1n) is 7.09. The van der Waals surface area contributed by atoms with Crippen molar-refractivity contribution >= 4 is 23.0 Å². The van der Waals surface area contributed by atoms with Gasteiger partial charge in [-0.2, -0.15) is 4.98 Å². The maximum atomic E-state index is 11.9. The van der Waals surface area contributed by atoms with Crippen molar-refractivity contribution in [3.05, 3.63) is 24.3 Å². The van der Waals surface area contributed by atoms with Crippen LogP contribution in [0.4, 0.5) is 6.01 Å². The Morgan fingerprint density at radius 1 is 1.43 bits per heavy atom. The molecule has 3 rings (SSSR count). The highest BCUT2D eigenvalue weighted by Crippen LogP contribution is 2.26. The van der Waals surface area contributed by atoms with E-state index in [4.69, 9.17) is 10.8 Å². The van der Waals surface area contributed by atoms with Gasteiger partial charge in [-0.05, 0) is 25.0 Å². The summed E-state index contributed by atoms with van der Waals surface area (Å²) in [4.78, 5) is 18.5. The lowest BCUT2D eigenvalue weighted by molar-refractivity contribution is -0.125. The summed E-state index contributed by atoms with van der Waals surface area (Å²) in [6.07, 6.45) is 6.72. The lowest BCUT2D eigenvalue weighted by Gasteiger charge is -2.29. The molecule has 1 N–H and O–H groups in total. The summed E-state index contributed by atoms with van der Waals surface area (Å²) in [6.45, 7) is 1.83. The Kier molecular flexibility index (Phi) is 3.78. The number of amides is 1. The van der Waals surface area contributed by atoms with Gasteiger partial charge in [0.05, 0.1) is 6.54 Å². The third-order valence-electron chi connectivity index (χ3n) is 3.78. The van der Waals surface area contributed by atoms with Crippen LogP contribution in [0.1, 0.15) is 12.8 Å². The van der Waals surface area contributed by atoms with E-state index >= 15 is 0 Å². The van der Waals surface area contributed by atoms with Crippen LogP contribution in [0.5, 0.6) is 0 Å². The molecule has 1 fully saturated rings. The van der Waals surface area contributed by atoms with E-state index in [1.54, 1.807) is 0 Å². The summed E-state index contributed by atoms with van der Waals surface area (Å²) in [6, 6.07) is 8.35. The molecule has 1 aliphatic heterocycles. The summed E-state index contributed by atoms with van der Waals surface area (Å²) in [5.41, 5.74) is 1.66. The van der Waals surface area contributed by atoms with Gasteiger partial charge in [0.1, 0.15) is 5.52 Å². The van der Waals surface area contributed by atoms with Crippen molar-refractivity contribution in [2.45, 2.75) is 12.8 Å². The zero-order chi connectivity index (χ0) is 14.7. The Bertz CT molecular complexity index is 645. The molecule has 0 unspecified atom stereocenters. The smallest absolute Gasteiger partial charge is 0.298 e. The number of para-hydroxylation sites is 2. The molecule has 5 heteroatoms. The number of fused-ring (bicyclic) bond motifs is 1. The van der Waals surface area contributed by atoms with Crippen molar-refractivity contribution in [2.24, 2.45) is 5.92 Å². The fraction of sp³-hybridized carbons (Fsp3) is 0.375. The predicted molar refractivity (Wildman–Crippen MR) is 80.8 cm³/mol. The number of nitrogens with zero attached hydrogens (tertiary/aromatic N) is 2. The van der Waals surface area contributed by atoms with Crippen LogP contribution in [-0.2, 0) is 4.79 Å². The molecule has 0 radical (unpaired) electrons. The number of anilines is 1. The molecule has 0 saturated carbocycles. The van der Waals surface area contributed by atoms with Gasteiger partial charge in [0, 0.05) is 19.0 Å². The molecule has 5 nitrogen and oxygen atoms in total. The van der Waals surface area contributed by atoms with Crippen molar-refractivity contribution in [2.75, 3.05) is 24.5 Å². The molecule has 1 aliphatic rings. The second-order valence-corrected chi connectivity index (χ2v) is 5.15. The molecular formula is C16H17N3O2. The molecular weight excluding hydrogens is 266 g/mol. The minimum Gasteiger partial charge on any atom is -0.423 e. The molecule has 1 aromatic heterocycles. The molecule has 2 aromatic rings. The molecule has 0 spiro atoms. The highest BCUT2D eigenvalue weighted by molar-refractivity contribution is 5.79. The zero-order valence-corrected chi connectivity index (χ0v) is 11.7. The Labute approximate surface area is 123 Å². The van der Waals surface area contributed by atoms with Crippen molar-refractivity contribution in [1.82, 2.24) is 10.3 Å². The Morgan fingerprint density at radius 2 is 2.19 bits per heavy atom. The first-order chi connectivity index (χ1) is 10.3. The van der Waals surface area contributed by atoms with Gasteiger partial charge >= 0.3 is 0 Å². The summed E-state index contributed by atoms with van der Waals surface area (Å²) in [5, 5.41) is 2.75. The highest BCUT2D eigenvalue weighted by Gasteiger charge is 2.26. The molecule has 2 heterocycles. The summed E-state index contributed by atoms with van der Waals surface area (Å²) < 4.78 is 5.76. The lowest BCUT2D eigenvalue weighted by Crippen LogP contribution is -2.40. The van der Waals surface area contributed by atoms with Crippen molar-refractivity contribution in [3.63, 3.8) is 0 Å². The van der Waals surface area contributed by atoms with E-state index in [0.29, 0.717) is 12.6 Å². The fourth-order valence-electron chi connectivity index (χ4n) is 2.61. The normalized spacial score (nSPS) is 15.9. The van der Waals surface area contributed by atoms with E-state index in [0.717, 1.165) is 37.0 Å². The Morgan fingerprint density at radius 3 is 2.90 bits per heavy atom. The first kappa shape index (κ1) is 13.5. The minimum absolute atomic E-state index is 0.0268. The number of oxazole rings is 1. The van der Waals surface area contributed by atoms with Crippen LogP contribution in [0.3, 0.4) is 0 Å². The van der Waals surface area contributed by atoms with Crippen LogP contribution < -0.4 is 10.2 Å². The quantitative estimate of drug-likeness (QED) is 0.873. The molecule has 1 amide bonds. The predicted octanol–water partition coefficient (Wildman–Crippen LogP) is 1.79. The van der Waals surface area contributed by atoms with Crippen LogP contribution >= 0.6 is 0 Å². The standard InChI is InChI=1S/C16H17N3O2/c1-2-9-17-15(20)12-7-10-19(11-8-12)16-18-13-5-3-4-6-14(13)21-16/h1,3-6,12H,7-11H2,(H,17,20). The van der Waals surface area contributed by atoms with Gasteiger partial charge in [-0.25, -0.2) is 0 Å². The zero-order valence-electron chi connectivity index (χ0n) is 11.7. The third-order valence-corrected chi connectivity index (χ3v) is 3.78. The SMILES string of the molecule is C#CCNC(=O)C1CCN(c2nc3ccccc3o2)CC1. The van der Waals surface area contributed by atoms with Gasteiger partial charge in [-0.3, -0.25) is 4.79 Å². The number of hydrogen-bond acceptors (Lipinski definition) is 4. The summed E-state index contributed by atoms with van der Waals surface area (Å²) in [7, 11) is 0. The maximum absolute atomic E-state index is 11.9. The molecule has 1 aromatic carbocycles. The van der Waals surface area contributed by atoms with E-state index in [1.807, 2.05) is 24.3 Å². The highest BCUT2D eigenvalue weighted by atomic mass is 16.4.